The third-order valence-electron chi connectivity index (χ3n) is 4.94. The van der Waals surface area contributed by atoms with Gasteiger partial charge in [0.05, 0.1) is 17.4 Å². The molecule has 0 aliphatic carbocycles. The number of anilines is 2. The monoisotopic (exact) mass is 412 g/mol. The maximum atomic E-state index is 13.6. The molecule has 1 heterocycles. The molecule has 31 heavy (non-hydrogen) atoms. The summed E-state index contributed by atoms with van der Waals surface area (Å²) in [5.74, 6) is -0.306. The average Bonchev–Trinajstić information content (AvgIpc) is 2.99. The second-order valence-corrected chi connectivity index (χ2v) is 7.69. The minimum Gasteiger partial charge on any atom is -0.489 e. The van der Waals surface area contributed by atoms with E-state index in [4.69, 9.17) is 4.74 Å². The number of rotatable bonds is 6. The van der Waals surface area contributed by atoms with Gasteiger partial charge in [-0.25, -0.2) is 4.90 Å². The lowest BCUT2D eigenvalue weighted by Crippen LogP contribution is -2.33. The summed E-state index contributed by atoms with van der Waals surface area (Å²) >= 11 is 0. The number of hydrogen-bond acceptors (Lipinski definition) is 4. The van der Waals surface area contributed by atoms with E-state index in [0.717, 1.165) is 11.3 Å². The summed E-state index contributed by atoms with van der Waals surface area (Å²) in [6.07, 6.45) is -0.0969. The van der Waals surface area contributed by atoms with Crippen LogP contribution in [0.1, 0.15) is 25.0 Å². The molecule has 2 amide bonds. The number of ether oxygens (including phenoxy) is 1. The zero-order valence-electron chi connectivity index (χ0n) is 17.8. The lowest BCUT2D eigenvalue weighted by atomic mass is 10.0. The van der Waals surface area contributed by atoms with Gasteiger partial charge in [0.1, 0.15) is 11.4 Å². The highest BCUT2D eigenvalue weighted by atomic mass is 16.5. The Balaban J connectivity index is 1.82. The first-order valence-electron chi connectivity index (χ1n) is 10.2. The van der Waals surface area contributed by atoms with Crippen LogP contribution in [0.3, 0.4) is 0 Å². The van der Waals surface area contributed by atoms with Crippen molar-refractivity contribution < 1.29 is 14.3 Å². The Bertz CT molecular complexity index is 1150. The summed E-state index contributed by atoms with van der Waals surface area (Å²) in [7, 11) is 0. The van der Waals surface area contributed by atoms with Crippen molar-refractivity contribution >= 4 is 28.8 Å². The van der Waals surface area contributed by atoms with Crippen LogP contribution < -0.4 is 15.0 Å². The first kappa shape index (κ1) is 20.4. The SMILES string of the molecule is Cc1ccc(C2=C(Nc3ccccc3)C(=O)N(c3ccccc3OC(C)C)C2=O)cc1. The molecule has 0 spiro atoms. The minimum absolute atomic E-state index is 0.0969. The number of amides is 2. The Morgan fingerprint density at radius 3 is 2.13 bits per heavy atom. The van der Waals surface area contributed by atoms with Crippen molar-refractivity contribution in [3.63, 3.8) is 0 Å². The number of aryl methyl sites for hydroxylation is 1. The molecule has 1 aliphatic rings. The minimum atomic E-state index is -0.413. The fourth-order valence-electron chi connectivity index (χ4n) is 3.51. The topological polar surface area (TPSA) is 58.6 Å². The Hall–Kier alpha value is -3.86. The maximum absolute atomic E-state index is 13.6. The van der Waals surface area contributed by atoms with Gasteiger partial charge in [0, 0.05) is 5.69 Å². The van der Waals surface area contributed by atoms with Gasteiger partial charge in [-0.3, -0.25) is 9.59 Å². The average molecular weight is 412 g/mol. The number of para-hydroxylation sites is 3. The van der Waals surface area contributed by atoms with Crippen LogP contribution in [0.4, 0.5) is 11.4 Å². The molecule has 156 valence electrons. The van der Waals surface area contributed by atoms with E-state index in [2.05, 4.69) is 5.32 Å². The molecular weight excluding hydrogens is 388 g/mol. The fourth-order valence-corrected chi connectivity index (χ4v) is 3.51. The highest BCUT2D eigenvalue weighted by Gasteiger charge is 2.41. The number of nitrogens with zero attached hydrogens (tertiary/aromatic N) is 1. The molecule has 0 atom stereocenters. The van der Waals surface area contributed by atoms with Gasteiger partial charge >= 0.3 is 0 Å². The van der Waals surface area contributed by atoms with Crippen LogP contribution in [0.5, 0.6) is 5.75 Å². The molecule has 0 radical (unpaired) electrons. The first-order valence-corrected chi connectivity index (χ1v) is 10.2. The Kier molecular flexibility index (Phi) is 5.58. The van der Waals surface area contributed by atoms with Crippen molar-refractivity contribution in [2.24, 2.45) is 0 Å². The molecule has 0 bridgehead atoms. The fraction of sp³-hybridized carbons (Fsp3) is 0.154. The summed E-state index contributed by atoms with van der Waals surface area (Å²) in [6, 6.07) is 24.1. The lowest BCUT2D eigenvalue weighted by Gasteiger charge is -2.20. The molecule has 0 fully saturated rings. The summed E-state index contributed by atoms with van der Waals surface area (Å²) in [6.45, 7) is 5.79. The maximum Gasteiger partial charge on any atom is 0.282 e. The van der Waals surface area contributed by atoms with E-state index in [9.17, 15) is 9.59 Å². The number of imide groups is 1. The Morgan fingerprint density at radius 2 is 1.45 bits per heavy atom. The normalized spacial score (nSPS) is 13.9. The van der Waals surface area contributed by atoms with Crippen molar-refractivity contribution in [2.75, 3.05) is 10.2 Å². The van der Waals surface area contributed by atoms with Crippen molar-refractivity contribution in [3.8, 4) is 5.75 Å². The van der Waals surface area contributed by atoms with Crippen LogP contribution in [0.2, 0.25) is 0 Å². The zero-order chi connectivity index (χ0) is 22.0. The quantitative estimate of drug-likeness (QED) is 0.567. The Morgan fingerprint density at radius 1 is 0.806 bits per heavy atom. The molecule has 0 aromatic heterocycles. The number of nitrogens with one attached hydrogen (secondary N) is 1. The third kappa shape index (κ3) is 4.08. The summed E-state index contributed by atoms with van der Waals surface area (Å²) in [4.78, 5) is 28.3. The number of benzene rings is 3. The molecule has 5 heteroatoms. The van der Waals surface area contributed by atoms with Gasteiger partial charge in [0.2, 0.25) is 0 Å². The predicted octanol–water partition coefficient (Wildman–Crippen LogP) is 5.18. The third-order valence-corrected chi connectivity index (χ3v) is 4.94. The highest BCUT2D eigenvalue weighted by Crippen LogP contribution is 2.38. The van der Waals surface area contributed by atoms with E-state index < -0.39 is 5.91 Å². The number of hydrogen-bond donors (Lipinski definition) is 1. The van der Waals surface area contributed by atoms with Gasteiger partial charge in [-0.15, -0.1) is 0 Å². The summed E-state index contributed by atoms with van der Waals surface area (Å²) in [5.41, 5.74) is 3.52. The predicted molar refractivity (Wildman–Crippen MR) is 123 cm³/mol. The van der Waals surface area contributed by atoms with E-state index >= 15 is 0 Å². The van der Waals surface area contributed by atoms with Crippen molar-refractivity contribution in [3.05, 3.63) is 95.7 Å². The van der Waals surface area contributed by atoms with Crippen molar-refractivity contribution in [1.29, 1.82) is 0 Å². The zero-order valence-corrected chi connectivity index (χ0v) is 17.8. The standard InChI is InChI=1S/C26H24N2O3/c1-17(2)31-22-12-8-7-11-21(22)28-25(29)23(19-15-13-18(3)14-16-19)24(26(28)30)27-20-9-5-4-6-10-20/h4-17,27H,1-3H3. The van der Waals surface area contributed by atoms with Crippen LogP contribution >= 0.6 is 0 Å². The molecule has 0 unspecified atom stereocenters. The first-order chi connectivity index (χ1) is 15.0. The van der Waals surface area contributed by atoms with Gasteiger partial charge in [-0.05, 0) is 50.6 Å². The summed E-state index contributed by atoms with van der Waals surface area (Å²) < 4.78 is 5.88. The van der Waals surface area contributed by atoms with Gasteiger partial charge in [0.25, 0.3) is 11.8 Å². The molecule has 0 saturated heterocycles. The van der Waals surface area contributed by atoms with Crippen LogP contribution in [-0.2, 0) is 9.59 Å². The molecular formula is C26H24N2O3. The van der Waals surface area contributed by atoms with Gasteiger partial charge in [-0.1, -0.05) is 60.2 Å². The van der Waals surface area contributed by atoms with Gasteiger partial charge < -0.3 is 10.1 Å². The van der Waals surface area contributed by atoms with Crippen molar-refractivity contribution in [1.82, 2.24) is 0 Å². The van der Waals surface area contributed by atoms with Crippen LogP contribution in [-0.4, -0.2) is 17.9 Å². The lowest BCUT2D eigenvalue weighted by molar-refractivity contribution is -0.120. The van der Waals surface area contributed by atoms with E-state index in [-0.39, 0.29) is 17.7 Å². The second-order valence-electron chi connectivity index (χ2n) is 7.69. The van der Waals surface area contributed by atoms with E-state index in [1.54, 1.807) is 18.2 Å². The molecule has 1 aliphatic heterocycles. The van der Waals surface area contributed by atoms with Crippen LogP contribution in [0, 0.1) is 6.92 Å². The van der Waals surface area contributed by atoms with E-state index in [0.29, 0.717) is 22.6 Å². The second kappa shape index (κ2) is 8.48. The largest absolute Gasteiger partial charge is 0.489 e. The number of carbonyl (C=O) groups excluding carboxylic acids is 2. The van der Waals surface area contributed by atoms with Gasteiger partial charge in [-0.2, -0.15) is 0 Å². The molecule has 3 aromatic carbocycles. The molecule has 3 aromatic rings. The molecule has 4 rings (SSSR count). The molecule has 0 saturated carbocycles. The van der Waals surface area contributed by atoms with Gasteiger partial charge in [0.15, 0.2) is 0 Å². The molecule has 5 nitrogen and oxygen atoms in total. The smallest absolute Gasteiger partial charge is 0.282 e. The number of carbonyl (C=O) groups is 2. The van der Waals surface area contributed by atoms with Crippen molar-refractivity contribution in [2.45, 2.75) is 26.9 Å². The van der Waals surface area contributed by atoms with E-state index in [1.807, 2.05) is 81.4 Å². The summed E-state index contributed by atoms with van der Waals surface area (Å²) in [5, 5.41) is 3.17. The molecule has 1 N–H and O–H groups in total. The Labute approximate surface area is 182 Å². The van der Waals surface area contributed by atoms with Crippen LogP contribution in [0.15, 0.2) is 84.6 Å². The van der Waals surface area contributed by atoms with E-state index in [1.165, 1.54) is 4.90 Å². The van der Waals surface area contributed by atoms with Crippen LogP contribution in [0.25, 0.3) is 5.57 Å². The highest BCUT2D eigenvalue weighted by molar-refractivity contribution is 6.46.